The van der Waals surface area contributed by atoms with Crippen LogP contribution in [0.3, 0.4) is 0 Å². The summed E-state index contributed by atoms with van der Waals surface area (Å²) in [6.07, 6.45) is 8.46. The normalized spacial score (nSPS) is 29.3. The second-order valence-electron chi connectivity index (χ2n) is 9.13. The molecule has 2 heterocycles. The molecule has 2 aromatic rings. The minimum atomic E-state index is -0.510. The van der Waals surface area contributed by atoms with Gasteiger partial charge in [-0.1, -0.05) is 78.9 Å². The lowest BCUT2D eigenvalue weighted by Crippen LogP contribution is -2.49. The Kier molecular flexibility index (Phi) is 6.45. The summed E-state index contributed by atoms with van der Waals surface area (Å²) in [6.45, 7) is 4.82. The molecule has 2 aromatic carbocycles. The Balaban J connectivity index is 1.34. The van der Waals surface area contributed by atoms with Crippen LogP contribution in [-0.4, -0.2) is 44.5 Å². The third kappa shape index (κ3) is 4.54. The first-order valence-electron chi connectivity index (χ1n) is 11.8. The minimum Gasteiger partial charge on any atom is -0.376 e. The second kappa shape index (κ2) is 9.64. The van der Waals surface area contributed by atoms with E-state index in [1.165, 1.54) is 16.7 Å². The first-order chi connectivity index (χ1) is 16.2. The van der Waals surface area contributed by atoms with Crippen LogP contribution >= 0.6 is 0 Å². The van der Waals surface area contributed by atoms with Crippen LogP contribution in [0, 0.1) is 0 Å². The molecule has 1 N–H and O–H groups in total. The number of hydrogen-bond acceptors (Lipinski definition) is 5. The number of hydrogen-bond donors (Lipinski definition) is 1. The Morgan fingerprint density at radius 2 is 1.85 bits per heavy atom. The van der Waals surface area contributed by atoms with Gasteiger partial charge in [-0.05, 0) is 36.5 Å². The lowest BCUT2D eigenvalue weighted by Gasteiger charge is -2.39. The molecule has 1 saturated heterocycles. The van der Waals surface area contributed by atoms with Crippen LogP contribution < -0.4 is 5.32 Å². The fraction of sp³-hybridized carbons (Fsp3) is 0.393. The standard InChI is InChI=1S/C28H32N2O3/c1-27(23-13-7-3-8-14-23)26(22-11-5-2-6-12-22)29-25(30-27)19-32-21-28(20-31-17-18-33-28)24-15-9-4-10-16-24/h2-9,11-15,26H,10,16-21H2,1H3,(H,29,30). The van der Waals surface area contributed by atoms with Gasteiger partial charge in [0.15, 0.2) is 0 Å². The van der Waals surface area contributed by atoms with Gasteiger partial charge in [-0.25, -0.2) is 0 Å². The number of rotatable bonds is 7. The van der Waals surface area contributed by atoms with E-state index in [-0.39, 0.29) is 11.6 Å². The van der Waals surface area contributed by atoms with Crippen molar-refractivity contribution in [3.8, 4) is 0 Å². The van der Waals surface area contributed by atoms with Crippen molar-refractivity contribution < 1.29 is 14.2 Å². The first-order valence-corrected chi connectivity index (χ1v) is 11.8. The van der Waals surface area contributed by atoms with Crippen LogP contribution in [0.4, 0.5) is 0 Å². The van der Waals surface area contributed by atoms with Gasteiger partial charge in [-0.2, -0.15) is 0 Å². The number of aliphatic imine (C=N–C) groups is 1. The van der Waals surface area contributed by atoms with Gasteiger partial charge in [0.2, 0.25) is 0 Å². The summed E-state index contributed by atoms with van der Waals surface area (Å²) in [7, 11) is 0. The highest BCUT2D eigenvalue weighted by molar-refractivity contribution is 5.87. The van der Waals surface area contributed by atoms with Gasteiger partial charge in [0.05, 0.1) is 32.0 Å². The number of nitrogens with zero attached hydrogens (tertiary/aromatic N) is 1. The number of allylic oxidation sites excluding steroid dienone is 3. The molecule has 5 nitrogen and oxygen atoms in total. The molecule has 0 aromatic heterocycles. The lowest BCUT2D eigenvalue weighted by atomic mass is 9.82. The van der Waals surface area contributed by atoms with Crippen LogP contribution in [0.5, 0.6) is 0 Å². The molecule has 3 aliphatic rings. The SMILES string of the molecule is CC1(c2ccccc2)NC(COCC2(C3=CC=CCC3)COCCO2)=NC1c1ccccc1. The van der Waals surface area contributed by atoms with Crippen molar-refractivity contribution in [1.82, 2.24) is 5.32 Å². The van der Waals surface area contributed by atoms with E-state index in [1.54, 1.807) is 0 Å². The molecule has 172 valence electrons. The number of amidine groups is 1. The Morgan fingerprint density at radius 3 is 2.55 bits per heavy atom. The van der Waals surface area contributed by atoms with Gasteiger partial charge in [0.1, 0.15) is 24.1 Å². The highest BCUT2D eigenvalue weighted by atomic mass is 16.6. The zero-order chi connectivity index (χ0) is 22.6. The lowest BCUT2D eigenvalue weighted by molar-refractivity contribution is -0.162. The van der Waals surface area contributed by atoms with E-state index in [4.69, 9.17) is 19.2 Å². The zero-order valence-electron chi connectivity index (χ0n) is 19.2. The van der Waals surface area contributed by atoms with E-state index in [1.807, 2.05) is 12.1 Å². The van der Waals surface area contributed by atoms with E-state index in [0.717, 1.165) is 18.7 Å². The first kappa shape index (κ1) is 22.1. The fourth-order valence-corrected chi connectivity index (χ4v) is 5.05. The largest absolute Gasteiger partial charge is 0.376 e. The summed E-state index contributed by atoms with van der Waals surface area (Å²) in [5, 5.41) is 3.69. The molecular formula is C28H32N2O3. The summed E-state index contributed by atoms with van der Waals surface area (Å²) in [4.78, 5) is 5.09. The molecule has 0 bridgehead atoms. The smallest absolute Gasteiger partial charge is 0.136 e. The molecule has 0 saturated carbocycles. The highest BCUT2D eigenvalue weighted by Gasteiger charge is 2.43. The maximum absolute atomic E-state index is 6.26. The number of benzene rings is 2. The topological polar surface area (TPSA) is 52.1 Å². The van der Waals surface area contributed by atoms with Crippen LogP contribution in [-0.2, 0) is 19.7 Å². The fourth-order valence-electron chi connectivity index (χ4n) is 5.05. The van der Waals surface area contributed by atoms with Crippen molar-refractivity contribution in [3.63, 3.8) is 0 Å². The molecule has 0 amide bonds. The van der Waals surface area contributed by atoms with Gasteiger partial charge >= 0.3 is 0 Å². The van der Waals surface area contributed by atoms with Crippen molar-refractivity contribution >= 4 is 5.84 Å². The molecule has 1 aliphatic carbocycles. The van der Waals surface area contributed by atoms with Crippen LogP contribution in [0.2, 0.25) is 0 Å². The van der Waals surface area contributed by atoms with E-state index in [9.17, 15) is 0 Å². The molecule has 5 heteroatoms. The summed E-state index contributed by atoms with van der Waals surface area (Å²) in [5.41, 5.74) is 2.79. The Hall–Kier alpha value is -2.73. The average Bonchev–Trinajstić information content (AvgIpc) is 3.23. The molecule has 1 fully saturated rings. The van der Waals surface area contributed by atoms with E-state index in [2.05, 4.69) is 79.0 Å². The zero-order valence-corrected chi connectivity index (χ0v) is 19.2. The molecule has 0 radical (unpaired) electrons. The van der Waals surface area contributed by atoms with Crippen LogP contribution in [0.15, 0.2) is 89.5 Å². The van der Waals surface area contributed by atoms with E-state index >= 15 is 0 Å². The maximum atomic E-state index is 6.26. The molecule has 0 spiro atoms. The Labute approximate surface area is 196 Å². The summed E-state index contributed by atoms with van der Waals surface area (Å²) in [5.74, 6) is 0.861. The molecule has 5 rings (SSSR count). The highest BCUT2D eigenvalue weighted by Crippen LogP contribution is 2.41. The van der Waals surface area contributed by atoms with Gasteiger partial charge in [0, 0.05) is 0 Å². The third-order valence-corrected chi connectivity index (χ3v) is 6.84. The van der Waals surface area contributed by atoms with Gasteiger partial charge < -0.3 is 19.5 Å². The van der Waals surface area contributed by atoms with Gasteiger partial charge in [0.25, 0.3) is 0 Å². The molecule has 3 unspecified atom stereocenters. The number of ether oxygens (including phenoxy) is 3. The van der Waals surface area contributed by atoms with Crippen molar-refractivity contribution in [2.24, 2.45) is 4.99 Å². The van der Waals surface area contributed by atoms with Crippen LogP contribution in [0.25, 0.3) is 0 Å². The minimum absolute atomic E-state index is 0.0332. The van der Waals surface area contributed by atoms with Gasteiger partial charge in [-0.15, -0.1) is 0 Å². The van der Waals surface area contributed by atoms with Crippen molar-refractivity contribution in [2.45, 2.75) is 36.9 Å². The second-order valence-corrected chi connectivity index (χ2v) is 9.13. The average molecular weight is 445 g/mol. The predicted molar refractivity (Wildman–Crippen MR) is 130 cm³/mol. The van der Waals surface area contributed by atoms with Crippen molar-refractivity contribution in [2.75, 3.05) is 33.0 Å². The molecule has 2 aliphatic heterocycles. The Bertz CT molecular complexity index is 1030. The molecular weight excluding hydrogens is 412 g/mol. The third-order valence-electron chi connectivity index (χ3n) is 6.84. The molecule has 33 heavy (non-hydrogen) atoms. The number of nitrogens with one attached hydrogen (secondary N) is 1. The van der Waals surface area contributed by atoms with E-state index in [0.29, 0.717) is 33.0 Å². The maximum Gasteiger partial charge on any atom is 0.136 e. The van der Waals surface area contributed by atoms with Gasteiger partial charge in [-0.3, -0.25) is 4.99 Å². The summed E-state index contributed by atoms with van der Waals surface area (Å²) < 4.78 is 18.3. The van der Waals surface area contributed by atoms with Crippen molar-refractivity contribution in [1.29, 1.82) is 0 Å². The molecule has 3 atom stereocenters. The Morgan fingerprint density at radius 1 is 1.06 bits per heavy atom. The quantitative estimate of drug-likeness (QED) is 0.671. The summed E-state index contributed by atoms with van der Waals surface area (Å²) >= 11 is 0. The summed E-state index contributed by atoms with van der Waals surface area (Å²) in [6, 6.07) is 21.0. The van der Waals surface area contributed by atoms with Crippen LogP contribution in [0.1, 0.15) is 36.9 Å². The predicted octanol–water partition coefficient (Wildman–Crippen LogP) is 4.72. The monoisotopic (exact) mass is 444 g/mol. The van der Waals surface area contributed by atoms with Crippen molar-refractivity contribution in [3.05, 3.63) is 95.6 Å². The van der Waals surface area contributed by atoms with E-state index < -0.39 is 5.60 Å².